The van der Waals surface area contributed by atoms with Crippen LogP contribution < -0.4 is 5.32 Å². The SMILES string of the molecule is CC(C)c1cc(C2CC(NC(=O)C3CC4(COC(=O)N4C)C3)C2)ccc1F. The van der Waals surface area contributed by atoms with Crippen LogP contribution in [0.25, 0.3) is 0 Å². The number of cyclic esters (lactones) is 1. The van der Waals surface area contributed by atoms with Gasteiger partial charge >= 0.3 is 6.09 Å². The largest absolute Gasteiger partial charge is 0.447 e. The summed E-state index contributed by atoms with van der Waals surface area (Å²) in [7, 11) is 1.74. The molecule has 0 radical (unpaired) electrons. The third-order valence-electron chi connectivity index (χ3n) is 6.67. The van der Waals surface area contributed by atoms with Gasteiger partial charge in [0.15, 0.2) is 0 Å². The van der Waals surface area contributed by atoms with E-state index in [0.717, 1.165) is 24.0 Å². The summed E-state index contributed by atoms with van der Waals surface area (Å²) in [6, 6.07) is 5.59. The van der Waals surface area contributed by atoms with Crippen molar-refractivity contribution in [2.45, 2.75) is 62.9 Å². The zero-order valence-electron chi connectivity index (χ0n) is 16.1. The maximum Gasteiger partial charge on any atom is 0.410 e. The molecule has 1 saturated heterocycles. The fourth-order valence-corrected chi connectivity index (χ4v) is 4.60. The van der Waals surface area contributed by atoms with Crippen LogP contribution in [0.1, 0.15) is 62.5 Å². The number of hydrogen-bond acceptors (Lipinski definition) is 3. The lowest BCUT2D eigenvalue weighted by Crippen LogP contribution is -2.59. The topological polar surface area (TPSA) is 58.6 Å². The Labute approximate surface area is 159 Å². The Morgan fingerprint density at radius 1 is 1.33 bits per heavy atom. The first-order valence-corrected chi connectivity index (χ1v) is 9.79. The van der Waals surface area contributed by atoms with Crippen LogP contribution in [0, 0.1) is 11.7 Å². The predicted octanol–water partition coefficient (Wildman–Crippen LogP) is 3.54. The van der Waals surface area contributed by atoms with E-state index < -0.39 is 0 Å². The summed E-state index contributed by atoms with van der Waals surface area (Å²) in [5, 5.41) is 3.14. The second-order valence-corrected chi connectivity index (χ2v) is 8.75. The highest BCUT2D eigenvalue weighted by Crippen LogP contribution is 2.46. The van der Waals surface area contributed by atoms with Crippen LogP contribution in [-0.2, 0) is 9.53 Å². The Balaban J connectivity index is 1.27. The maximum atomic E-state index is 13.9. The molecule has 2 aliphatic carbocycles. The van der Waals surface area contributed by atoms with Crippen LogP contribution in [0.5, 0.6) is 0 Å². The molecule has 1 spiro atoms. The quantitative estimate of drug-likeness (QED) is 0.877. The maximum absolute atomic E-state index is 13.9. The van der Waals surface area contributed by atoms with Gasteiger partial charge in [-0.1, -0.05) is 26.0 Å². The first-order valence-electron chi connectivity index (χ1n) is 9.79. The van der Waals surface area contributed by atoms with Crippen molar-refractivity contribution in [1.82, 2.24) is 10.2 Å². The van der Waals surface area contributed by atoms with E-state index in [1.165, 1.54) is 0 Å². The zero-order valence-corrected chi connectivity index (χ0v) is 16.1. The van der Waals surface area contributed by atoms with Crippen molar-refractivity contribution in [1.29, 1.82) is 0 Å². The molecule has 3 fully saturated rings. The number of nitrogens with one attached hydrogen (secondary N) is 1. The molecule has 1 N–H and O–H groups in total. The molecule has 2 amide bonds. The fourth-order valence-electron chi connectivity index (χ4n) is 4.60. The van der Waals surface area contributed by atoms with E-state index in [9.17, 15) is 14.0 Å². The molecule has 0 bridgehead atoms. The van der Waals surface area contributed by atoms with Gasteiger partial charge in [-0.05, 0) is 54.7 Å². The highest BCUT2D eigenvalue weighted by molar-refractivity contribution is 5.81. The summed E-state index contributed by atoms with van der Waals surface area (Å²) < 4.78 is 19.0. The van der Waals surface area contributed by atoms with Crippen molar-refractivity contribution in [3.05, 3.63) is 35.1 Å². The molecule has 0 atom stereocenters. The lowest BCUT2D eigenvalue weighted by molar-refractivity contribution is -0.133. The number of ether oxygens (including phenoxy) is 1. The molecule has 1 aliphatic heterocycles. The molecule has 4 rings (SSSR count). The number of carbonyl (C=O) groups excluding carboxylic acids is 2. The van der Waals surface area contributed by atoms with E-state index in [1.54, 1.807) is 18.0 Å². The van der Waals surface area contributed by atoms with Gasteiger partial charge in [0.1, 0.15) is 12.4 Å². The van der Waals surface area contributed by atoms with E-state index >= 15 is 0 Å². The van der Waals surface area contributed by atoms with Crippen molar-refractivity contribution in [2.75, 3.05) is 13.7 Å². The molecule has 0 aromatic heterocycles. The summed E-state index contributed by atoms with van der Waals surface area (Å²) >= 11 is 0. The highest BCUT2D eigenvalue weighted by atomic mass is 19.1. The number of hydrogen-bond donors (Lipinski definition) is 1. The van der Waals surface area contributed by atoms with Crippen LogP contribution in [0.3, 0.4) is 0 Å². The highest BCUT2D eigenvalue weighted by Gasteiger charge is 2.56. The standard InChI is InChI=1S/C21H27FN2O3/c1-12(2)17-8-13(4-5-18(17)22)14-6-16(7-14)23-19(25)15-9-21(10-15)11-27-20(26)24(21)3/h4-5,8,12,14-16H,6-7,9-11H2,1-3H3,(H,23,25). The third kappa shape index (κ3) is 3.09. The Kier molecular flexibility index (Phi) is 4.40. The minimum absolute atomic E-state index is 0.0423. The van der Waals surface area contributed by atoms with Crippen LogP contribution in [0.4, 0.5) is 9.18 Å². The molecule has 27 heavy (non-hydrogen) atoms. The van der Waals surface area contributed by atoms with Gasteiger partial charge in [-0.25, -0.2) is 9.18 Å². The van der Waals surface area contributed by atoms with E-state index in [2.05, 4.69) is 5.32 Å². The molecule has 1 heterocycles. The van der Waals surface area contributed by atoms with Gasteiger partial charge in [0, 0.05) is 19.0 Å². The van der Waals surface area contributed by atoms with E-state index in [1.807, 2.05) is 26.0 Å². The molecule has 1 aromatic rings. The molecule has 6 heteroatoms. The normalized spacial score (nSPS) is 32.3. The number of benzene rings is 1. The Morgan fingerprint density at radius 2 is 2.04 bits per heavy atom. The van der Waals surface area contributed by atoms with Gasteiger partial charge < -0.3 is 15.0 Å². The molecule has 0 unspecified atom stereocenters. The summed E-state index contributed by atoms with van der Waals surface area (Å²) in [6.07, 6.45) is 2.85. The van der Waals surface area contributed by atoms with Crippen molar-refractivity contribution >= 4 is 12.0 Å². The Morgan fingerprint density at radius 3 is 2.63 bits per heavy atom. The predicted molar refractivity (Wildman–Crippen MR) is 99.0 cm³/mol. The average Bonchev–Trinajstić information content (AvgIpc) is 2.85. The van der Waals surface area contributed by atoms with E-state index in [-0.39, 0.29) is 41.2 Å². The smallest absolute Gasteiger partial charge is 0.410 e. The summed E-state index contributed by atoms with van der Waals surface area (Å²) in [5.41, 5.74) is 1.65. The number of likely N-dealkylation sites (N-methyl/N-ethyl adjacent to an activating group) is 1. The van der Waals surface area contributed by atoms with E-state index in [4.69, 9.17) is 4.74 Å². The third-order valence-corrected chi connectivity index (χ3v) is 6.67. The lowest BCUT2D eigenvalue weighted by atomic mass is 9.67. The average molecular weight is 374 g/mol. The minimum atomic E-state index is -0.296. The Hall–Kier alpha value is -2.11. The van der Waals surface area contributed by atoms with Crippen molar-refractivity contribution < 1.29 is 18.7 Å². The van der Waals surface area contributed by atoms with Crippen LogP contribution >= 0.6 is 0 Å². The summed E-state index contributed by atoms with van der Waals surface area (Å²) in [6.45, 7) is 4.38. The summed E-state index contributed by atoms with van der Waals surface area (Å²) in [4.78, 5) is 25.6. The number of amides is 2. The number of halogens is 1. The molecular weight excluding hydrogens is 347 g/mol. The minimum Gasteiger partial charge on any atom is -0.447 e. The molecule has 3 aliphatic rings. The van der Waals surface area contributed by atoms with Crippen molar-refractivity contribution in [3.8, 4) is 0 Å². The first-order chi connectivity index (χ1) is 12.8. The van der Waals surface area contributed by atoms with Gasteiger partial charge in [-0.2, -0.15) is 0 Å². The molecular formula is C21H27FN2O3. The number of rotatable bonds is 4. The molecule has 2 saturated carbocycles. The second kappa shape index (κ2) is 6.50. The fraction of sp³-hybridized carbons (Fsp3) is 0.619. The lowest BCUT2D eigenvalue weighted by Gasteiger charge is -2.47. The number of nitrogens with zero attached hydrogens (tertiary/aromatic N) is 1. The molecule has 1 aromatic carbocycles. The molecule has 146 valence electrons. The van der Waals surface area contributed by atoms with Gasteiger partial charge in [0.2, 0.25) is 5.91 Å². The monoisotopic (exact) mass is 374 g/mol. The van der Waals surface area contributed by atoms with Crippen LogP contribution in [0.15, 0.2) is 18.2 Å². The summed E-state index contributed by atoms with van der Waals surface area (Å²) in [5.74, 6) is 0.443. The van der Waals surface area contributed by atoms with Crippen molar-refractivity contribution in [2.24, 2.45) is 5.92 Å². The molecule has 5 nitrogen and oxygen atoms in total. The van der Waals surface area contributed by atoms with Gasteiger partial charge in [0.25, 0.3) is 0 Å². The van der Waals surface area contributed by atoms with Crippen molar-refractivity contribution in [3.63, 3.8) is 0 Å². The first kappa shape index (κ1) is 18.3. The second-order valence-electron chi connectivity index (χ2n) is 8.75. The Bertz CT molecular complexity index is 767. The number of carbonyl (C=O) groups is 2. The van der Waals surface area contributed by atoms with E-state index in [0.29, 0.717) is 25.4 Å². The van der Waals surface area contributed by atoms with Gasteiger partial charge in [-0.3, -0.25) is 4.79 Å². The van der Waals surface area contributed by atoms with Gasteiger partial charge in [0.05, 0.1) is 5.54 Å². The zero-order chi connectivity index (χ0) is 19.3. The van der Waals surface area contributed by atoms with Crippen LogP contribution in [0.2, 0.25) is 0 Å². The van der Waals surface area contributed by atoms with Crippen LogP contribution in [-0.4, -0.2) is 42.1 Å². The van der Waals surface area contributed by atoms with Gasteiger partial charge in [-0.15, -0.1) is 0 Å².